The lowest BCUT2D eigenvalue weighted by molar-refractivity contribution is -0.134. The molecule has 31 heavy (non-hydrogen) atoms. The van der Waals surface area contributed by atoms with Gasteiger partial charge in [0.1, 0.15) is 12.4 Å². The highest BCUT2D eigenvalue weighted by Gasteiger charge is 2.32. The van der Waals surface area contributed by atoms with E-state index in [9.17, 15) is 4.79 Å². The van der Waals surface area contributed by atoms with Crippen LogP contribution < -0.4 is 10.6 Å². The predicted octanol–water partition coefficient (Wildman–Crippen LogP) is 2.25. The summed E-state index contributed by atoms with van der Waals surface area (Å²) in [4.78, 5) is 20.9. The number of amides is 1. The summed E-state index contributed by atoms with van der Waals surface area (Å²) in [5, 5.41) is 17.5. The van der Waals surface area contributed by atoms with Gasteiger partial charge in [-0.05, 0) is 44.1 Å². The van der Waals surface area contributed by atoms with Gasteiger partial charge in [-0.1, -0.05) is 18.9 Å². The van der Waals surface area contributed by atoms with Crippen molar-refractivity contribution in [1.82, 2.24) is 30.3 Å². The number of aryl methyl sites for hydroxylation is 1. The second-order valence-corrected chi connectivity index (χ2v) is 9.57. The second-order valence-electron chi connectivity index (χ2n) is 8.54. The number of likely N-dealkylation sites (tertiary alicyclic amines) is 1. The first-order chi connectivity index (χ1) is 15.1. The molecule has 1 saturated heterocycles. The highest BCUT2D eigenvalue weighted by molar-refractivity contribution is 7.09. The zero-order valence-corrected chi connectivity index (χ0v) is 19.3. The first kappa shape index (κ1) is 21.8. The van der Waals surface area contributed by atoms with Gasteiger partial charge in [-0.15, -0.1) is 21.5 Å². The van der Waals surface area contributed by atoms with Crippen molar-refractivity contribution >= 4 is 23.2 Å². The van der Waals surface area contributed by atoms with Gasteiger partial charge in [0.25, 0.3) is 0 Å². The van der Waals surface area contributed by atoms with Crippen LogP contribution in [-0.2, 0) is 24.8 Å². The monoisotopic (exact) mass is 443 g/mol. The summed E-state index contributed by atoms with van der Waals surface area (Å²) >= 11 is 1.77. The average molecular weight is 444 g/mol. The molecule has 8 nitrogen and oxygen atoms in total. The minimum atomic E-state index is 0.222. The van der Waals surface area contributed by atoms with E-state index in [1.165, 1.54) is 17.7 Å². The normalized spacial score (nSPS) is 19.9. The van der Waals surface area contributed by atoms with Gasteiger partial charge in [-0.3, -0.25) is 4.79 Å². The van der Waals surface area contributed by atoms with E-state index in [0.29, 0.717) is 12.5 Å². The highest BCUT2D eigenvalue weighted by atomic mass is 32.1. The van der Waals surface area contributed by atoms with E-state index >= 15 is 0 Å². The van der Waals surface area contributed by atoms with Crippen molar-refractivity contribution in [2.24, 2.45) is 18.0 Å². The molecule has 1 unspecified atom stereocenters. The van der Waals surface area contributed by atoms with Crippen molar-refractivity contribution in [1.29, 1.82) is 0 Å². The highest BCUT2D eigenvalue weighted by Crippen LogP contribution is 2.27. The van der Waals surface area contributed by atoms with Gasteiger partial charge < -0.3 is 20.1 Å². The number of nitrogens with one attached hydrogen (secondary N) is 2. The van der Waals surface area contributed by atoms with Gasteiger partial charge in [-0.25, -0.2) is 4.99 Å². The van der Waals surface area contributed by atoms with Crippen molar-refractivity contribution in [3.05, 3.63) is 34.0 Å². The molecule has 1 aliphatic carbocycles. The molecular formula is C22H33N7OS. The first-order valence-corrected chi connectivity index (χ1v) is 12.2. The second kappa shape index (κ2) is 10.3. The maximum absolute atomic E-state index is 12.8. The quantitative estimate of drug-likeness (QED) is 0.506. The SMILES string of the molecule is Cc1nnc(CN=C(NCCc2cccs2)NC2CCN(C(=O)C3CCCC3)C2)n1C. The summed E-state index contributed by atoms with van der Waals surface area (Å²) < 4.78 is 1.96. The molecule has 0 bridgehead atoms. The number of aliphatic imine (C=N–C) groups is 1. The molecule has 2 aromatic rings. The molecule has 2 aliphatic rings. The molecule has 2 aromatic heterocycles. The topological polar surface area (TPSA) is 87.4 Å². The van der Waals surface area contributed by atoms with Gasteiger partial charge in [0.2, 0.25) is 5.91 Å². The van der Waals surface area contributed by atoms with Crippen LogP contribution in [0.15, 0.2) is 22.5 Å². The number of guanidine groups is 1. The van der Waals surface area contributed by atoms with Crippen LogP contribution in [0.25, 0.3) is 0 Å². The van der Waals surface area contributed by atoms with E-state index in [1.54, 1.807) is 11.3 Å². The molecule has 4 rings (SSSR count). The van der Waals surface area contributed by atoms with E-state index in [0.717, 1.165) is 62.9 Å². The zero-order chi connectivity index (χ0) is 21.6. The Morgan fingerprint density at radius 1 is 1.29 bits per heavy atom. The van der Waals surface area contributed by atoms with Crippen molar-refractivity contribution in [3.63, 3.8) is 0 Å². The lowest BCUT2D eigenvalue weighted by Gasteiger charge is -2.21. The Morgan fingerprint density at radius 3 is 2.84 bits per heavy atom. The number of hydrogen-bond acceptors (Lipinski definition) is 5. The van der Waals surface area contributed by atoms with Crippen molar-refractivity contribution in [3.8, 4) is 0 Å². The van der Waals surface area contributed by atoms with Gasteiger partial charge in [0.15, 0.2) is 11.8 Å². The summed E-state index contributed by atoms with van der Waals surface area (Å²) in [6.07, 6.45) is 6.41. The molecular weight excluding hydrogens is 410 g/mol. The lowest BCUT2D eigenvalue weighted by atomic mass is 10.1. The van der Waals surface area contributed by atoms with E-state index in [1.807, 2.05) is 23.4 Å². The number of thiophene rings is 1. The van der Waals surface area contributed by atoms with Crippen LogP contribution >= 0.6 is 11.3 Å². The molecule has 0 spiro atoms. The van der Waals surface area contributed by atoms with Crippen LogP contribution in [-0.4, -0.2) is 57.2 Å². The molecule has 3 heterocycles. The van der Waals surface area contributed by atoms with Crippen LogP contribution in [0.2, 0.25) is 0 Å². The van der Waals surface area contributed by atoms with E-state index in [-0.39, 0.29) is 12.0 Å². The van der Waals surface area contributed by atoms with Gasteiger partial charge >= 0.3 is 0 Å². The summed E-state index contributed by atoms with van der Waals surface area (Å²) in [5.41, 5.74) is 0. The average Bonchev–Trinajstić information content (AvgIpc) is 3.57. The zero-order valence-electron chi connectivity index (χ0n) is 18.5. The van der Waals surface area contributed by atoms with Crippen LogP contribution in [0.4, 0.5) is 0 Å². The Labute approximate surface area is 188 Å². The minimum Gasteiger partial charge on any atom is -0.356 e. The fourth-order valence-electron chi connectivity index (χ4n) is 4.35. The molecule has 1 saturated carbocycles. The molecule has 1 aliphatic heterocycles. The summed E-state index contributed by atoms with van der Waals surface area (Å²) in [6.45, 7) is 4.79. The smallest absolute Gasteiger partial charge is 0.225 e. The van der Waals surface area contributed by atoms with Gasteiger partial charge in [0.05, 0.1) is 0 Å². The molecule has 1 atom stereocenters. The molecule has 2 fully saturated rings. The van der Waals surface area contributed by atoms with Crippen LogP contribution in [0.5, 0.6) is 0 Å². The lowest BCUT2D eigenvalue weighted by Crippen LogP contribution is -2.46. The van der Waals surface area contributed by atoms with Crippen molar-refractivity contribution in [2.45, 2.75) is 58.0 Å². The third kappa shape index (κ3) is 5.64. The summed E-state index contributed by atoms with van der Waals surface area (Å²) in [7, 11) is 1.96. The van der Waals surface area contributed by atoms with E-state index in [4.69, 9.17) is 4.99 Å². The minimum absolute atomic E-state index is 0.222. The Kier molecular flexibility index (Phi) is 7.21. The Balaban J connectivity index is 1.35. The maximum atomic E-state index is 12.8. The van der Waals surface area contributed by atoms with Crippen LogP contribution in [0, 0.1) is 12.8 Å². The molecule has 9 heteroatoms. The predicted molar refractivity (Wildman–Crippen MR) is 123 cm³/mol. The molecule has 0 radical (unpaired) electrons. The number of carbonyl (C=O) groups is 1. The number of rotatable bonds is 7. The van der Waals surface area contributed by atoms with Crippen LogP contribution in [0.3, 0.4) is 0 Å². The largest absolute Gasteiger partial charge is 0.356 e. The third-order valence-electron chi connectivity index (χ3n) is 6.35. The van der Waals surface area contributed by atoms with Crippen molar-refractivity contribution < 1.29 is 4.79 Å². The summed E-state index contributed by atoms with van der Waals surface area (Å²) in [6, 6.07) is 4.46. The first-order valence-electron chi connectivity index (χ1n) is 11.3. The number of hydrogen-bond donors (Lipinski definition) is 2. The number of carbonyl (C=O) groups excluding carboxylic acids is 1. The Bertz CT molecular complexity index is 886. The number of nitrogens with zero attached hydrogens (tertiary/aromatic N) is 5. The molecule has 1 amide bonds. The van der Waals surface area contributed by atoms with Crippen LogP contribution in [0.1, 0.15) is 48.6 Å². The number of aromatic nitrogens is 3. The van der Waals surface area contributed by atoms with E-state index < -0.39 is 0 Å². The molecule has 2 N–H and O–H groups in total. The molecule has 0 aromatic carbocycles. The van der Waals surface area contributed by atoms with Gasteiger partial charge in [0, 0.05) is 43.5 Å². The summed E-state index contributed by atoms with van der Waals surface area (Å²) in [5.74, 6) is 3.08. The Morgan fingerprint density at radius 2 is 2.13 bits per heavy atom. The standard InChI is InChI=1S/C22H33N7OS/c1-16-26-27-20(28(16)2)14-24-22(23-11-9-19-8-5-13-31-19)25-18-10-12-29(15-18)21(30)17-6-3-4-7-17/h5,8,13,17-18H,3-4,6-7,9-12,14-15H2,1-2H3,(H2,23,24,25). The molecule has 168 valence electrons. The fraction of sp³-hybridized carbons (Fsp3) is 0.636. The van der Waals surface area contributed by atoms with Gasteiger partial charge in [-0.2, -0.15) is 0 Å². The Hall–Kier alpha value is -2.42. The van der Waals surface area contributed by atoms with E-state index in [2.05, 4.69) is 38.3 Å². The fourth-order valence-corrected chi connectivity index (χ4v) is 5.06. The maximum Gasteiger partial charge on any atom is 0.225 e. The third-order valence-corrected chi connectivity index (χ3v) is 7.29. The van der Waals surface area contributed by atoms with Crippen molar-refractivity contribution in [2.75, 3.05) is 19.6 Å².